The second-order valence-corrected chi connectivity index (χ2v) is 7.46. The molecule has 2 amide bonds. The number of nitrogens with zero attached hydrogens (tertiary/aromatic N) is 1. The predicted molar refractivity (Wildman–Crippen MR) is 119 cm³/mol. The highest BCUT2D eigenvalue weighted by atomic mass is 16.5. The Labute approximate surface area is 173 Å². The molecule has 0 heterocycles. The molecule has 29 heavy (non-hydrogen) atoms. The molecule has 0 aliphatic carbocycles. The van der Waals surface area contributed by atoms with E-state index in [1.165, 1.54) is 0 Å². The normalized spacial score (nSPS) is 11.0. The third kappa shape index (κ3) is 5.28. The molecule has 0 spiro atoms. The Hall–Kier alpha value is -3.02. The molecular weight excluding hydrogens is 366 g/mol. The molecule has 2 aromatic carbocycles. The number of amides is 2. The molecule has 2 rings (SSSR count). The van der Waals surface area contributed by atoms with Crippen LogP contribution in [0.25, 0.3) is 0 Å². The smallest absolute Gasteiger partial charge is 0.239 e. The van der Waals surface area contributed by atoms with Gasteiger partial charge in [0.2, 0.25) is 11.8 Å². The molecular formula is C23H31N3O3. The number of carbonyl (C=O) groups excluding carboxylic acids is 2. The van der Waals surface area contributed by atoms with Crippen LogP contribution >= 0.6 is 0 Å². The minimum atomic E-state index is -1.27. The van der Waals surface area contributed by atoms with E-state index in [0.29, 0.717) is 17.1 Å². The quantitative estimate of drug-likeness (QED) is 0.646. The molecule has 0 fully saturated rings. The number of carbonyl (C=O) groups is 2. The van der Waals surface area contributed by atoms with Gasteiger partial charge in [0, 0.05) is 24.5 Å². The lowest BCUT2D eigenvalue weighted by Crippen LogP contribution is -2.41. The minimum absolute atomic E-state index is 0.378. The first-order chi connectivity index (χ1) is 13.7. The zero-order valence-electron chi connectivity index (χ0n) is 18.1. The fraction of sp³-hybridized carbons (Fsp3) is 0.391. The van der Waals surface area contributed by atoms with Crippen molar-refractivity contribution in [2.75, 3.05) is 35.7 Å². The molecule has 0 aliphatic rings. The number of hydrogen-bond donors (Lipinski definition) is 2. The number of hydrogen-bond acceptors (Lipinski definition) is 4. The summed E-state index contributed by atoms with van der Waals surface area (Å²) in [5.41, 5.74) is 2.00. The van der Waals surface area contributed by atoms with E-state index in [-0.39, 0.29) is 5.91 Å². The van der Waals surface area contributed by atoms with Crippen LogP contribution in [-0.4, -0.2) is 32.0 Å². The minimum Gasteiger partial charge on any atom is -0.495 e. The highest BCUT2D eigenvalue weighted by Crippen LogP contribution is 2.28. The summed E-state index contributed by atoms with van der Waals surface area (Å²) in [6.07, 6.45) is 0. The van der Waals surface area contributed by atoms with Crippen LogP contribution < -0.4 is 20.3 Å². The van der Waals surface area contributed by atoms with Crippen molar-refractivity contribution in [1.29, 1.82) is 0 Å². The maximum atomic E-state index is 12.8. The third-order valence-electron chi connectivity index (χ3n) is 4.99. The first-order valence-corrected chi connectivity index (χ1v) is 9.85. The van der Waals surface area contributed by atoms with Gasteiger partial charge in [0.1, 0.15) is 11.2 Å². The number of methoxy groups -OCH3 is 1. The lowest BCUT2D eigenvalue weighted by atomic mass is 9.90. The number of benzene rings is 2. The van der Waals surface area contributed by atoms with E-state index in [4.69, 9.17) is 4.74 Å². The Bertz CT molecular complexity index is 856. The molecule has 0 saturated heterocycles. The van der Waals surface area contributed by atoms with E-state index >= 15 is 0 Å². The highest BCUT2D eigenvalue weighted by Gasteiger charge is 2.36. The molecule has 0 saturated carbocycles. The van der Waals surface area contributed by atoms with Crippen molar-refractivity contribution in [2.45, 2.75) is 34.6 Å². The van der Waals surface area contributed by atoms with Crippen molar-refractivity contribution in [3.8, 4) is 5.75 Å². The zero-order valence-corrected chi connectivity index (χ0v) is 18.1. The summed E-state index contributed by atoms with van der Waals surface area (Å²) in [7, 11) is 1.54. The Kier molecular flexibility index (Phi) is 7.26. The number of anilines is 3. The lowest BCUT2D eigenvalue weighted by Gasteiger charge is -2.24. The van der Waals surface area contributed by atoms with Crippen LogP contribution in [0.2, 0.25) is 0 Å². The van der Waals surface area contributed by atoms with Gasteiger partial charge in [0.15, 0.2) is 0 Å². The van der Waals surface area contributed by atoms with Gasteiger partial charge in [0.25, 0.3) is 0 Å². The molecule has 156 valence electrons. The zero-order chi connectivity index (χ0) is 21.6. The molecule has 6 nitrogen and oxygen atoms in total. The SMILES string of the molecule is CCN(CC)c1ccc(NC(=O)C(C)(C)C(=O)Nc2cc(C)ccc2OC)cc1. The second kappa shape index (κ2) is 9.45. The monoisotopic (exact) mass is 397 g/mol. The first kappa shape index (κ1) is 22.3. The van der Waals surface area contributed by atoms with Crippen molar-refractivity contribution in [1.82, 2.24) is 0 Å². The van der Waals surface area contributed by atoms with E-state index in [1.54, 1.807) is 27.0 Å². The maximum Gasteiger partial charge on any atom is 0.239 e. The number of ether oxygens (including phenoxy) is 1. The maximum absolute atomic E-state index is 12.8. The summed E-state index contributed by atoms with van der Waals surface area (Å²) in [4.78, 5) is 27.9. The Morgan fingerprint density at radius 3 is 2.10 bits per heavy atom. The molecule has 0 radical (unpaired) electrons. The summed E-state index contributed by atoms with van der Waals surface area (Å²) < 4.78 is 5.30. The van der Waals surface area contributed by atoms with E-state index in [1.807, 2.05) is 43.3 Å². The summed E-state index contributed by atoms with van der Waals surface area (Å²) >= 11 is 0. The molecule has 0 atom stereocenters. The van der Waals surface area contributed by atoms with Crippen molar-refractivity contribution in [2.24, 2.45) is 5.41 Å². The third-order valence-corrected chi connectivity index (χ3v) is 4.99. The number of nitrogens with one attached hydrogen (secondary N) is 2. The molecule has 6 heteroatoms. The van der Waals surface area contributed by atoms with E-state index < -0.39 is 11.3 Å². The average molecular weight is 398 g/mol. The summed E-state index contributed by atoms with van der Waals surface area (Å²) in [6, 6.07) is 13.1. The van der Waals surface area contributed by atoms with Gasteiger partial charge < -0.3 is 20.3 Å². The topological polar surface area (TPSA) is 70.7 Å². The van der Waals surface area contributed by atoms with Gasteiger partial charge >= 0.3 is 0 Å². The molecule has 2 aromatic rings. The standard InChI is InChI=1S/C23H31N3O3/c1-7-26(8-2)18-12-10-17(11-13-18)24-21(27)23(4,5)22(28)25-19-15-16(3)9-14-20(19)29-6/h9-15H,7-8H2,1-6H3,(H,24,27)(H,25,28). The van der Waals surface area contributed by atoms with Crippen molar-refractivity contribution in [3.63, 3.8) is 0 Å². The number of rotatable bonds is 8. The van der Waals surface area contributed by atoms with Crippen LogP contribution in [0.15, 0.2) is 42.5 Å². The molecule has 0 bridgehead atoms. The summed E-state index contributed by atoms with van der Waals surface area (Å²) in [5.74, 6) is -0.233. The Morgan fingerprint density at radius 2 is 1.55 bits per heavy atom. The van der Waals surface area contributed by atoms with Gasteiger partial charge in [-0.3, -0.25) is 9.59 Å². The van der Waals surface area contributed by atoms with Gasteiger partial charge in [0.05, 0.1) is 12.8 Å². The first-order valence-electron chi connectivity index (χ1n) is 9.85. The van der Waals surface area contributed by atoms with Gasteiger partial charge in [-0.2, -0.15) is 0 Å². The largest absolute Gasteiger partial charge is 0.495 e. The van der Waals surface area contributed by atoms with Crippen molar-refractivity contribution < 1.29 is 14.3 Å². The van der Waals surface area contributed by atoms with E-state index in [9.17, 15) is 9.59 Å². The average Bonchev–Trinajstić information content (AvgIpc) is 2.70. The van der Waals surface area contributed by atoms with Gasteiger partial charge in [-0.1, -0.05) is 6.07 Å². The second-order valence-electron chi connectivity index (χ2n) is 7.46. The Morgan fingerprint density at radius 1 is 0.966 bits per heavy atom. The van der Waals surface area contributed by atoms with Gasteiger partial charge in [-0.15, -0.1) is 0 Å². The number of aryl methyl sites for hydroxylation is 1. The van der Waals surface area contributed by atoms with Crippen LogP contribution in [0.3, 0.4) is 0 Å². The van der Waals surface area contributed by atoms with Gasteiger partial charge in [-0.05, 0) is 76.6 Å². The molecule has 0 aliphatic heterocycles. The van der Waals surface area contributed by atoms with Crippen LogP contribution in [0.5, 0.6) is 5.75 Å². The Balaban J connectivity index is 2.11. The lowest BCUT2D eigenvalue weighted by molar-refractivity contribution is -0.135. The van der Waals surface area contributed by atoms with Gasteiger partial charge in [-0.25, -0.2) is 0 Å². The fourth-order valence-corrected chi connectivity index (χ4v) is 2.93. The molecule has 0 unspecified atom stereocenters. The fourth-order valence-electron chi connectivity index (χ4n) is 2.93. The molecule has 2 N–H and O–H groups in total. The highest BCUT2D eigenvalue weighted by molar-refractivity contribution is 6.14. The van der Waals surface area contributed by atoms with Crippen molar-refractivity contribution in [3.05, 3.63) is 48.0 Å². The summed E-state index contributed by atoms with van der Waals surface area (Å²) in [5, 5.41) is 5.66. The molecule has 0 aromatic heterocycles. The van der Waals surface area contributed by atoms with Crippen LogP contribution in [0, 0.1) is 12.3 Å². The van der Waals surface area contributed by atoms with E-state index in [0.717, 1.165) is 24.3 Å². The van der Waals surface area contributed by atoms with Crippen LogP contribution in [0.4, 0.5) is 17.1 Å². The predicted octanol–water partition coefficient (Wildman–Crippen LogP) is 4.45. The van der Waals surface area contributed by atoms with Crippen LogP contribution in [0.1, 0.15) is 33.3 Å². The van der Waals surface area contributed by atoms with Crippen LogP contribution in [-0.2, 0) is 9.59 Å². The van der Waals surface area contributed by atoms with Crippen molar-refractivity contribution >= 4 is 28.9 Å². The summed E-state index contributed by atoms with van der Waals surface area (Å²) in [6.45, 7) is 11.2. The van der Waals surface area contributed by atoms with E-state index in [2.05, 4.69) is 29.4 Å².